The van der Waals surface area contributed by atoms with Gasteiger partial charge in [-0.25, -0.2) is 4.98 Å². The molecule has 0 aliphatic heterocycles. The number of nitrogens with one attached hydrogen (secondary N) is 3. The van der Waals surface area contributed by atoms with Gasteiger partial charge in [0.05, 0.1) is 16.8 Å². The van der Waals surface area contributed by atoms with E-state index >= 15 is 0 Å². The summed E-state index contributed by atoms with van der Waals surface area (Å²) in [5.74, 6) is 3.08. The third-order valence-electron chi connectivity index (χ3n) is 4.09. The monoisotopic (exact) mass is 430 g/mol. The van der Waals surface area contributed by atoms with Gasteiger partial charge < -0.3 is 15.6 Å². The van der Waals surface area contributed by atoms with E-state index < -0.39 is 0 Å². The van der Waals surface area contributed by atoms with Crippen molar-refractivity contribution in [1.29, 1.82) is 0 Å². The Balaban J connectivity index is 0.000000211. The number of hydrogen-bond acceptors (Lipinski definition) is 5. The molecule has 2 aromatic carbocycles. The number of amides is 1. The van der Waals surface area contributed by atoms with Crippen LogP contribution in [0.3, 0.4) is 0 Å². The number of para-hydroxylation sites is 1. The minimum absolute atomic E-state index is 0.0310. The first-order valence-electron chi connectivity index (χ1n) is 9.52. The van der Waals surface area contributed by atoms with Crippen molar-refractivity contribution in [2.45, 2.75) is 26.1 Å². The highest BCUT2D eigenvalue weighted by Gasteiger charge is 2.02. The Morgan fingerprint density at radius 2 is 1.93 bits per heavy atom. The number of nitrogens with zero attached hydrogens (tertiary/aromatic N) is 1. The molecule has 0 aliphatic carbocycles. The summed E-state index contributed by atoms with van der Waals surface area (Å²) < 4.78 is 0. The second kappa shape index (κ2) is 12.6. The topological polar surface area (TPSA) is 69.8 Å². The van der Waals surface area contributed by atoms with Crippen molar-refractivity contribution in [2.75, 3.05) is 30.1 Å². The summed E-state index contributed by atoms with van der Waals surface area (Å²) in [6.07, 6.45) is 4.17. The quantitative estimate of drug-likeness (QED) is 0.447. The molecule has 0 radical (unpaired) electrons. The van der Waals surface area contributed by atoms with Crippen molar-refractivity contribution in [3.63, 3.8) is 0 Å². The van der Waals surface area contributed by atoms with Crippen LogP contribution in [0, 0.1) is 6.92 Å². The molecular weight excluding hydrogens is 400 g/mol. The second-order valence-electron chi connectivity index (χ2n) is 6.65. The standard InChI is InChI=1S/C12H18N2OS.C10H12N2S/c1-10(15)14-12-6-4-3-5-11(12)9-13-7-8-16-2;1-7-3-4-8-9(5-7)12-10(11-8)6-13-2/h3-6,13H,7-9H2,1-2H3,(H,14,15);3-5H,6H2,1-2H3,(H,11,12). The van der Waals surface area contributed by atoms with Crippen LogP contribution >= 0.6 is 23.5 Å². The van der Waals surface area contributed by atoms with Gasteiger partial charge in [0.25, 0.3) is 0 Å². The van der Waals surface area contributed by atoms with E-state index in [0.717, 1.165) is 52.7 Å². The van der Waals surface area contributed by atoms with E-state index in [4.69, 9.17) is 0 Å². The number of hydrogen-bond donors (Lipinski definition) is 3. The van der Waals surface area contributed by atoms with E-state index in [1.54, 1.807) is 11.8 Å². The number of aromatic amines is 1. The Morgan fingerprint density at radius 3 is 2.66 bits per heavy atom. The fourth-order valence-electron chi connectivity index (χ4n) is 2.76. The number of aromatic nitrogens is 2. The van der Waals surface area contributed by atoms with Crippen LogP contribution in [0.15, 0.2) is 42.5 Å². The Morgan fingerprint density at radius 1 is 1.14 bits per heavy atom. The predicted molar refractivity (Wildman–Crippen MR) is 129 cm³/mol. The minimum atomic E-state index is -0.0310. The van der Waals surface area contributed by atoms with Crippen LogP contribution in [0.25, 0.3) is 11.0 Å². The molecule has 0 spiro atoms. The zero-order valence-corrected chi connectivity index (χ0v) is 19.2. The van der Waals surface area contributed by atoms with Crippen molar-refractivity contribution in [3.05, 3.63) is 59.4 Å². The minimum Gasteiger partial charge on any atom is -0.341 e. The maximum Gasteiger partial charge on any atom is 0.221 e. The third-order valence-corrected chi connectivity index (χ3v) is 5.27. The average molecular weight is 431 g/mol. The van der Waals surface area contributed by atoms with E-state index in [1.165, 1.54) is 12.5 Å². The van der Waals surface area contributed by atoms with E-state index in [2.05, 4.69) is 58.2 Å². The molecule has 7 heteroatoms. The molecule has 1 aromatic heterocycles. The summed E-state index contributed by atoms with van der Waals surface area (Å²) in [5, 5.41) is 6.17. The summed E-state index contributed by atoms with van der Waals surface area (Å²) in [5.41, 5.74) is 5.50. The Labute approximate surface area is 181 Å². The smallest absolute Gasteiger partial charge is 0.221 e. The molecule has 1 amide bonds. The predicted octanol–water partition coefficient (Wildman–Crippen LogP) is 4.83. The Hall–Kier alpha value is -1.96. The molecule has 0 aliphatic rings. The number of carbonyl (C=O) groups is 1. The number of anilines is 1. The first kappa shape index (κ1) is 23.3. The number of rotatable bonds is 8. The molecular formula is C22H30N4OS2. The number of H-pyrrole nitrogens is 1. The molecule has 5 nitrogen and oxygen atoms in total. The molecule has 0 saturated heterocycles. The summed E-state index contributed by atoms with van der Waals surface area (Å²) in [6, 6.07) is 14.1. The van der Waals surface area contributed by atoms with Crippen LogP contribution in [0.1, 0.15) is 23.9 Å². The molecule has 0 bridgehead atoms. The SMILES string of the molecule is CSCCNCc1ccccc1NC(C)=O.CSCc1nc2ccc(C)cc2[nH]1. The lowest BCUT2D eigenvalue weighted by Gasteiger charge is -2.10. The summed E-state index contributed by atoms with van der Waals surface area (Å²) >= 11 is 3.60. The van der Waals surface area contributed by atoms with E-state index in [0.29, 0.717) is 0 Å². The Kier molecular flexibility index (Phi) is 10.1. The number of thioether (sulfide) groups is 2. The van der Waals surface area contributed by atoms with Crippen LogP contribution in [-0.4, -0.2) is 40.7 Å². The molecule has 29 heavy (non-hydrogen) atoms. The molecule has 0 saturated carbocycles. The number of fused-ring (bicyclic) bond motifs is 1. The molecule has 3 N–H and O–H groups in total. The molecule has 0 atom stereocenters. The van der Waals surface area contributed by atoms with Gasteiger partial charge in [-0.05, 0) is 48.8 Å². The number of carbonyl (C=O) groups excluding carboxylic acids is 1. The van der Waals surface area contributed by atoms with Crippen LogP contribution in [0.4, 0.5) is 5.69 Å². The van der Waals surface area contributed by atoms with Gasteiger partial charge in [0.2, 0.25) is 5.91 Å². The third kappa shape index (κ3) is 8.12. The first-order chi connectivity index (χ1) is 14.0. The van der Waals surface area contributed by atoms with Crippen LogP contribution in [0.2, 0.25) is 0 Å². The van der Waals surface area contributed by atoms with Crippen molar-refractivity contribution >= 4 is 46.2 Å². The zero-order valence-electron chi connectivity index (χ0n) is 17.5. The fourth-order valence-corrected chi connectivity index (χ4v) is 3.52. The van der Waals surface area contributed by atoms with Crippen LogP contribution < -0.4 is 10.6 Å². The molecule has 3 aromatic rings. The van der Waals surface area contributed by atoms with E-state index in [9.17, 15) is 4.79 Å². The second-order valence-corrected chi connectivity index (χ2v) is 8.50. The maximum atomic E-state index is 11.0. The molecule has 0 fully saturated rings. The van der Waals surface area contributed by atoms with Crippen molar-refractivity contribution in [2.24, 2.45) is 0 Å². The maximum absolute atomic E-state index is 11.0. The highest BCUT2D eigenvalue weighted by atomic mass is 32.2. The van der Waals surface area contributed by atoms with Crippen molar-refractivity contribution in [3.8, 4) is 0 Å². The van der Waals surface area contributed by atoms with Crippen LogP contribution in [-0.2, 0) is 17.1 Å². The van der Waals surface area contributed by atoms with Gasteiger partial charge in [0, 0.05) is 31.5 Å². The van der Waals surface area contributed by atoms with Gasteiger partial charge in [-0.2, -0.15) is 23.5 Å². The summed E-state index contributed by atoms with van der Waals surface area (Å²) in [6.45, 7) is 5.39. The normalized spacial score (nSPS) is 10.5. The van der Waals surface area contributed by atoms with E-state index in [1.807, 2.05) is 36.0 Å². The van der Waals surface area contributed by atoms with E-state index in [-0.39, 0.29) is 5.91 Å². The number of aryl methyl sites for hydroxylation is 1. The van der Waals surface area contributed by atoms with Gasteiger partial charge in [-0.15, -0.1) is 0 Å². The lowest BCUT2D eigenvalue weighted by Crippen LogP contribution is -2.18. The number of imidazole rings is 1. The zero-order chi connectivity index (χ0) is 21.1. The lowest BCUT2D eigenvalue weighted by molar-refractivity contribution is -0.114. The first-order valence-corrected chi connectivity index (χ1v) is 12.3. The Bertz CT molecular complexity index is 911. The lowest BCUT2D eigenvalue weighted by atomic mass is 10.1. The highest BCUT2D eigenvalue weighted by Crippen LogP contribution is 2.16. The average Bonchev–Trinajstić information content (AvgIpc) is 3.08. The molecule has 1 heterocycles. The van der Waals surface area contributed by atoms with Gasteiger partial charge >= 0.3 is 0 Å². The molecule has 0 unspecified atom stereocenters. The van der Waals surface area contributed by atoms with Crippen molar-refractivity contribution < 1.29 is 4.79 Å². The number of benzene rings is 2. The van der Waals surface area contributed by atoms with Gasteiger partial charge in [0.15, 0.2) is 0 Å². The highest BCUT2D eigenvalue weighted by molar-refractivity contribution is 7.98. The summed E-state index contributed by atoms with van der Waals surface area (Å²) in [4.78, 5) is 18.8. The fraction of sp³-hybridized carbons (Fsp3) is 0.364. The van der Waals surface area contributed by atoms with Crippen molar-refractivity contribution in [1.82, 2.24) is 15.3 Å². The van der Waals surface area contributed by atoms with Gasteiger partial charge in [0.1, 0.15) is 5.82 Å². The largest absolute Gasteiger partial charge is 0.341 e. The molecule has 3 rings (SSSR count). The van der Waals surface area contributed by atoms with Gasteiger partial charge in [-0.1, -0.05) is 24.3 Å². The van der Waals surface area contributed by atoms with Gasteiger partial charge in [-0.3, -0.25) is 4.79 Å². The molecule has 156 valence electrons. The summed E-state index contributed by atoms with van der Waals surface area (Å²) in [7, 11) is 0. The van der Waals surface area contributed by atoms with Crippen LogP contribution in [0.5, 0.6) is 0 Å².